The molecule has 1 aromatic heterocycles. The lowest BCUT2D eigenvalue weighted by Crippen LogP contribution is -1.83. The molecule has 0 N–H and O–H groups in total. The molecule has 1 heterocycles. The molecule has 11 heavy (non-hydrogen) atoms. The summed E-state index contributed by atoms with van der Waals surface area (Å²) in [5, 5.41) is 8.94. The highest BCUT2D eigenvalue weighted by Crippen LogP contribution is 2.19. The lowest BCUT2D eigenvalue weighted by atomic mass is 10.2. The summed E-state index contributed by atoms with van der Waals surface area (Å²) in [5.41, 5.74) is 1.06. The molecule has 0 bridgehead atoms. The van der Waals surface area contributed by atoms with Crippen LogP contribution in [-0.2, 0) is 0 Å². The molecular formula is C8H5ClN2. The van der Waals surface area contributed by atoms with Crippen molar-refractivity contribution in [2.24, 2.45) is 0 Å². The fraction of sp³-hybridized carbons (Fsp3) is 0. The normalized spacial score (nSPS) is 8.73. The Balaban J connectivity index is 3.34. The van der Waals surface area contributed by atoms with E-state index in [2.05, 4.69) is 11.6 Å². The van der Waals surface area contributed by atoms with Crippen LogP contribution in [0.4, 0.5) is 0 Å². The molecule has 0 saturated heterocycles. The number of rotatable bonds is 1. The SMILES string of the molecule is C=Cc1cncc(C#N)c1Cl. The van der Waals surface area contributed by atoms with Gasteiger partial charge in [0, 0.05) is 18.0 Å². The summed E-state index contributed by atoms with van der Waals surface area (Å²) >= 11 is 5.78. The zero-order chi connectivity index (χ0) is 8.27. The molecule has 1 rings (SSSR count). The van der Waals surface area contributed by atoms with Crippen molar-refractivity contribution in [2.75, 3.05) is 0 Å². The van der Waals surface area contributed by atoms with Gasteiger partial charge in [0.05, 0.1) is 10.6 Å². The van der Waals surface area contributed by atoms with Crippen molar-refractivity contribution in [3.8, 4) is 6.07 Å². The Morgan fingerprint density at radius 3 is 2.91 bits per heavy atom. The quantitative estimate of drug-likeness (QED) is 0.639. The Bertz CT molecular complexity index is 325. The smallest absolute Gasteiger partial charge is 0.102 e. The molecule has 0 spiro atoms. The number of nitrogens with zero attached hydrogens (tertiary/aromatic N) is 2. The van der Waals surface area contributed by atoms with E-state index in [1.54, 1.807) is 12.3 Å². The second-order valence-electron chi connectivity index (χ2n) is 1.91. The van der Waals surface area contributed by atoms with Crippen LogP contribution >= 0.6 is 11.6 Å². The number of halogens is 1. The summed E-state index contributed by atoms with van der Waals surface area (Å²) in [6.07, 6.45) is 4.56. The van der Waals surface area contributed by atoms with Crippen LogP contribution in [0.3, 0.4) is 0 Å². The van der Waals surface area contributed by atoms with E-state index in [4.69, 9.17) is 16.9 Å². The van der Waals surface area contributed by atoms with Crippen molar-refractivity contribution in [3.05, 3.63) is 35.1 Å². The van der Waals surface area contributed by atoms with Crippen molar-refractivity contribution >= 4 is 17.7 Å². The second-order valence-corrected chi connectivity index (χ2v) is 2.28. The van der Waals surface area contributed by atoms with Gasteiger partial charge in [-0.25, -0.2) is 0 Å². The summed E-state index contributed by atoms with van der Waals surface area (Å²) < 4.78 is 0. The summed E-state index contributed by atoms with van der Waals surface area (Å²) in [4.78, 5) is 3.81. The van der Waals surface area contributed by atoms with Gasteiger partial charge in [-0.3, -0.25) is 4.98 Å². The molecule has 2 nitrogen and oxygen atoms in total. The molecule has 0 unspecified atom stereocenters. The predicted octanol–water partition coefficient (Wildman–Crippen LogP) is 2.25. The highest BCUT2D eigenvalue weighted by molar-refractivity contribution is 6.33. The van der Waals surface area contributed by atoms with Crippen LogP contribution in [0.2, 0.25) is 5.02 Å². The molecule has 0 aliphatic rings. The predicted molar refractivity (Wildman–Crippen MR) is 44.1 cm³/mol. The van der Waals surface area contributed by atoms with E-state index in [9.17, 15) is 0 Å². The lowest BCUT2D eigenvalue weighted by Gasteiger charge is -1.96. The van der Waals surface area contributed by atoms with Gasteiger partial charge in [0.15, 0.2) is 0 Å². The highest BCUT2D eigenvalue weighted by Gasteiger charge is 2.01. The van der Waals surface area contributed by atoms with E-state index in [-0.39, 0.29) is 0 Å². The molecule has 0 aliphatic carbocycles. The van der Waals surface area contributed by atoms with Gasteiger partial charge in [-0.2, -0.15) is 5.26 Å². The Morgan fingerprint density at radius 1 is 1.64 bits per heavy atom. The van der Waals surface area contributed by atoms with Crippen LogP contribution in [0.25, 0.3) is 6.08 Å². The van der Waals surface area contributed by atoms with Gasteiger partial charge < -0.3 is 0 Å². The molecule has 1 aromatic rings. The standard InChI is InChI=1S/C8H5ClN2/c1-2-6-4-11-5-7(3-10)8(6)9/h2,4-5H,1H2. The summed E-state index contributed by atoms with van der Waals surface area (Å²) in [6, 6.07) is 1.93. The van der Waals surface area contributed by atoms with E-state index in [1.165, 1.54) is 6.20 Å². The summed E-state index contributed by atoms with van der Waals surface area (Å²) in [7, 11) is 0. The van der Waals surface area contributed by atoms with Gasteiger partial charge in [0.2, 0.25) is 0 Å². The van der Waals surface area contributed by atoms with Crippen molar-refractivity contribution in [2.45, 2.75) is 0 Å². The topological polar surface area (TPSA) is 36.7 Å². The minimum Gasteiger partial charge on any atom is -0.263 e. The van der Waals surface area contributed by atoms with E-state index < -0.39 is 0 Å². The molecule has 0 radical (unpaired) electrons. The second kappa shape index (κ2) is 3.18. The first-order valence-electron chi connectivity index (χ1n) is 2.95. The van der Waals surface area contributed by atoms with E-state index >= 15 is 0 Å². The zero-order valence-electron chi connectivity index (χ0n) is 5.71. The van der Waals surface area contributed by atoms with Crippen LogP contribution in [0.1, 0.15) is 11.1 Å². The maximum Gasteiger partial charge on any atom is 0.102 e. The third kappa shape index (κ3) is 1.39. The third-order valence-electron chi connectivity index (χ3n) is 1.25. The Labute approximate surface area is 69.8 Å². The molecule has 54 valence electrons. The molecule has 0 fully saturated rings. The minimum absolute atomic E-state index is 0.379. The zero-order valence-corrected chi connectivity index (χ0v) is 6.47. The fourth-order valence-electron chi connectivity index (χ4n) is 0.681. The highest BCUT2D eigenvalue weighted by atomic mass is 35.5. The molecule has 0 amide bonds. The Kier molecular flexibility index (Phi) is 2.25. The van der Waals surface area contributed by atoms with Gasteiger partial charge in [0.25, 0.3) is 0 Å². The van der Waals surface area contributed by atoms with Gasteiger partial charge >= 0.3 is 0 Å². The first-order chi connectivity index (χ1) is 5.29. The number of hydrogen-bond acceptors (Lipinski definition) is 2. The van der Waals surface area contributed by atoms with Crippen LogP contribution in [-0.4, -0.2) is 4.98 Å². The average Bonchev–Trinajstić information content (AvgIpc) is 2.05. The maximum absolute atomic E-state index is 8.53. The van der Waals surface area contributed by atoms with Crippen molar-refractivity contribution < 1.29 is 0 Å². The lowest BCUT2D eigenvalue weighted by molar-refractivity contribution is 1.29. The van der Waals surface area contributed by atoms with Crippen molar-refractivity contribution in [3.63, 3.8) is 0 Å². The van der Waals surface area contributed by atoms with Gasteiger partial charge in [-0.05, 0) is 0 Å². The largest absolute Gasteiger partial charge is 0.263 e. The molecule has 0 atom stereocenters. The van der Waals surface area contributed by atoms with E-state index in [0.29, 0.717) is 16.1 Å². The average molecular weight is 165 g/mol. The number of aromatic nitrogens is 1. The maximum atomic E-state index is 8.53. The van der Waals surface area contributed by atoms with Crippen LogP contribution in [0.15, 0.2) is 19.0 Å². The fourth-order valence-corrected chi connectivity index (χ4v) is 0.898. The van der Waals surface area contributed by atoms with Crippen LogP contribution < -0.4 is 0 Å². The van der Waals surface area contributed by atoms with Crippen molar-refractivity contribution in [1.29, 1.82) is 5.26 Å². The van der Waals surface area contributed by atoms with E-state index in [1.807, 2.05) is 6.07 Å². The first-order valence-corrected chi connectivity index (χ1v) is 3.33. The van der Waals surface area contributed by atoms with Gasteiger partial charge in [-0.1, -0.05) is 24.3 Å². The minimum atomic E-state index is 0.379. The van der Waals surface area contributed by atoms with Gasteiger partial charge in [-0.15, -0.1) is 0 Å². The molecule has 3 heteroatoms. The van der Waals surface area contributed by atoms with Crippen LogP contribution in [0.5, 0.6) is 0 Å². The summed E-state index contributed by atoms with van der Waals surface area (Å²) in [5.74, 6) is 0. The first kappa shape index (κ1) is 7.77. The Hall–Kier alpha value is -1.33. The monoisotopic (exact) mass is 164 g/mol. The third-order valence-corrected chi connectivity index (χ3v) is 1.67. The van der Waals surface area contributed by atoms with E-state index in [0.717, 1.165) is 0 Å². The molecular weight excluding hydrogens is 160 g/mol. The molecule has 0 aliphatic heterocycles. The number of hydrogen-bond donors (Lipinski definition) is 0. The number of nitriles is 1. The van der Waals surface area contributed by atoms with Crippen molar-refractivity contribution in [1.82, 2.24) is 4.98 Å². The summed E-state index contributed by atoms with van der Waals surface area (Å²) in [6.45, 7) is 3.53. The molecule has 0 aromatic carbocycles. The van der Waals surface area contributed by atoms with Crippen LogP contribution in [0, 0.1) is 11.3 Å². The molecule has 0 saturated carbocycles. The van der Waals surface area contributed by atoms with Gasteiger partial charge in [0.1, 0.15) is 6.07 Å². The Morgan fingerprint density at radius 2 is 2.36 bits per heavy atom. The number of pyridine rings is 1.